The maximum Gasteiger partial charge on any atom is 0.256 e. The molecule has 2 heterocycles. The number of benzene rings is 2. The van der Waals surface area contributed by atoms with Crippen LogP contribution in [0.2, 0.25) is 0 Å². The number of amides is 2. The number of nitrogens with zero attached hydrogens (tertiary/aromatic N) is 2. The zero-order chi connectivity index (χ0) is 18.8. The molecule has 2 aromatic carbocycles. The van der Waals surface area contributed by atoms with E-state index in [1.807, 2.05) is 18.2 Å². The Morgan fingerprint density at radius 2 is 2.04 bits per heavy atom. The van der Waals surface area contributed by atoms with Crippen LogP contribution in [-0.2, 0) is 9.59 Å². The second kappa shape index (κ2) is 7.20. The zero-order valence-electron chi connectivity index (χ0n) is 14.6. The minimum Gasteiger partial charge on any atom is -0.378 e. The van der Waals surface area contributed by atoms with Crippen molar-refractivity contribution in [2.75, 3.05) is 11.9 Å². The number of likely N-dealkylation sites (tertiary alicyclic amines) is 1. The fourth-order valence-corrected chi connectivity index (χ4v) is 3.48. The topological polar surface area (TPSA) is 98.3 Å². The van der Waals surface area contributed by atoms with E-state index in [9.17, 15) is 14.7 Å². The number of anilines is 1. The molecule has 2 amide bonds. The molecule has 3 aromatic rings. The maximum absolute atomic E-state index is 12.8. The highest BCUT2D eigenvalue weighted by molar-refractivity contribution is 5.99. The van der Waals surface area contributed by atoms with Crippen molar-refractivity contribution in [2.24, 2.45) is 0 Å². The molecule has 3 N–H and O–H groups in total. The number of nitrogens with one attached hydrogen (secondary N) is 2. The molecule has 7 heteroatoms. The summed E-state index contributed by atoms with van der Waals surface area (Å²) in [5.74, 6) is -0.687. The number of rotatable bonds is 4. The maximum atomic E-state index is 12.8. The van der Waals surface area contributed by atoms with Crippen LogP contribution in [0.3, 0.4) is 0 Å². The van der Waals surface area contributed by atoms with Gasteiger partial charge in [-0.05, 0) is 36.6 Å². The van der Waals surface area contributed by atoms with Crippen molar-refractivity contribution in [3.8, 4) is 0 Å². The monoisotopic (exact) mass is 364 g/mol. The fraction of sp³-hybridized carbons (Fsp3) is 0.250. The summed E-state index contributed by atoms with van der Waals surface area (Å²) in [5, 5.41) is 21.0. The van der Waals surface area contributed by atoms with Crippen molar-refractivity contribution >= 4 is 28.4 Å². The van der Waals surface area contributed by atoms with Crippen LogP contribution >= 0.6 is 0 Å². The zero-order valence-corrected chi connectivity index (χ0v) is 14.6. The van der Waals surface area contributed by atoms with Gasteiger partial charge in [-0.1, -0.05) is 30.3 Å². The minimum atomic E-state index is -1.26. The van der Waals surface area contributed by atoms with Gasteiger partial charge in [-0.3, -0.25) is 14.7 Å². The van der Waals surface area contributed by atoms with Crippen molar-refractivity contribution < 1.29 is 14.7 Å². The van der Waals surface area contributed by atoms with Gasteiger partial charge in [0.1, 0.15) is 6.04 Å². The van der Waals surface area contributed by atoms with Crippen molar-refractivity contribution in [2.45, 2.75) is 25.0 Å². The van der Waals surface area contributed by atoms with Crippen LogP contribution in [0.1, 0.15) is 24.5 Å². The minimum absolute atomic E-state index is 0.246. The van der Waals surface area contributed by atoms with Crippen LogP contribution in [0.25, 0.3) is 10.9 Å². The molecule has 0 saturated carbocycles. The number of H-pyrrole nitrogens is 1. The van der Waals surface area contributed by atoms with Crippen molar-refractivity contribution in [3.63, 3.8) is 0 Å². The van der Waals surface area contributed by atoms with Crippen LogP contribution in [0.15, 0.2) is 54.7 Å². The highest BCUT2D eigenvalue weighted by atomic mass is 16.3. The molecule has 1 fully saturated rings. The number of hydrogen-bond acceptors (Lipinski definition) is 4. The second-order valence-electron chi connectivity index (χ2n) is 6.66. The first-order valence-electron chi connectivity index (χ1n) is 8.91. The number of carbonyl (C=O) groups excluding carboxylic acids is 2. The lowest BCUT2D eigenvalue weighted by Crippen LogP contribution is -2.45. The molecule has 27 heavy (non-hydrogen) atoms. The van der Waals surface area contributed by atoms with E-state index < -0.39 is 18.1 Å². The second-order valence-corrected chi connectivity index (χ2v) is 6.66. The molecule has 1 saturated heterocycles. The van der Waals surface area contributed by atoms with E-state index >= 15 is 0 Å². The average molecular weight is 364 g/mol. The predicted molar refractivity (Wildman–Crippen MR) is 101 cm³/mol. The third-order valence-corrected chi connectivity index (χ3v) is 4.90. The molecule has 138 valence electrons. The summed E-state index contributed by atoms with van der Waals surface area (Å²) in [5.41, 5.74) is 2.06. The quantitative estimate of drug-likeness (QED) is 0.661. The summed E-state index contributed by atoms with van der Waals surface area (Å²) in [4.78, 5) is 27.0. The van der Waals surface area contributed by atoms with Crippen LogP contribution in [-0.4, -0.2) is 44.6 Å². The smallest absolute Gasteiger partial charge is 0.256 e. The van der Waals surface area contributed by atoms with E-state index in [4.69, 9.17) is 0 Å². The fourth-order valence-electron chi connectivity index (χ4n) is 3.48. The molecular formula is C20H20N4O3. The molecule has 0 aliphatic carbocycles. The normalized spacial score (nSPS) is 17.8. The standard InChI is InChI=1S/C20H20N4O3/c25-18(13-5-2-1-3-6-13)20(27)24-10-4-7-17(24)19(26)22-15-8-9-16-14(11-15)12-21-23-16/h1-3,5-6,8-9,11-12,17-18,25H,4,7,10H2,(H,21,23)(H,22,26)/t17-,18-/m1/s1. The molecule has 7 nitrogen and oxygen atoms in total. The molecule has 2 atom stereocenters. The first kappa shape index (κ1) is 17.2. The lowest BCUT2D eigenvalue weighted by molar-refractivity contribution is -0.144. The van der Waals surface area contributed by atoms with Gasteiger partial charge in [0.05, 0.1) is 11.7 Å². The lowest BCUT2D eigenvalue weighted by atomic mass is 10.1. The molecule has 1 aliphatic heterocycles. The number of fused-ring (bicyclic) bond motifs is 1. The van der Waals surface area contributed by atoms with E-state index in [2.05, 4.69) is 15.5 Å². The van der Waals surface area contributed by atoms with Gasteiger partial charge in [0.2, 0.25) is 5.91 Å². The van der Waals surface area contributed by atoms with Crippen LogP contribution in [0, 0.1) is 0 Å². The summed E-state index contributed by atoms with van der Waals surface area (Å²) in [6, 6.07) is 13.6. The molecule has 0 unspecified atom stereocenters. The average Bonchev–Trinajstić information content (AvgIpc) is 3.36. The molecule has 1 aromatic heterocycles. The van der Waals surface area contributed by atoms with Gasteiger partial charge in [-0.15, -0.1) is 0 Å². The molecule has 1 aliphatic rings. The Labute approximate surface area is 156 Å². The van der Waals surface area contributed by atoms with Gasteiger partial charge >= 0.3 is 0 Å². The Bertz CT molecular complexity index is 970. The number of aromatic amines is 1. The van der Waals surface area contributed by atoms with Crippen LogP contribution in [0.4, 0.5) is 5.69 Å². The van der Waals surface area contributed by atoms with Gasteiger partial charge in [0, 0.05) is 17.6 Å². The highest BCUT2D eigenvalue weighted by Crippen LogP contribution is 2.25. The third-order valence-electron chi connectivity index (χ3n) is 4.90. The summed E-state index contributed by atoms with van der Waals surface area (Å²) < 4.78 is 0. The Kier molecular flexibility index (Phi) is 4.60. The van der Waals surface area contributed by atoms with E-state index in [0.29, 0.717) is 24.2 Å². The summed E-state index contributed by atoms with van der Waals surface area (Å²) >= 11 is 0. The molecular weight excluding hydrogens is 344 g/mol. The number of hydrogen-bond donors (Lipinski definition) is 3. The molecule has 4 rings (SSSR count). The van der Waals surface area contributed by atoms with Gasteiger partial charge in [0.15, 0.2) is 6.10 Å². The lowest BCUT2D eigenvalue weighted by Gasteiger charge is -2.26. The van der Waals surface area contributed by atoms with Gasteiger partial charge in [-0.25, -0.2) is 0 Å². The van der Waals surface area contributed by atoms with Crippen LogP contribution in [0.5, 0.6) is 0 Å². The Morgan fingerprint density at radius 3 is 2.85 bits per heavy atom. The summed E-state index contributed by atoms with van der Waals surface area (Å²) in [7, 11) is 0. The van der Waals surface area contributed by atoms with E-state index in [0.717, 1.165) is 17.3 Å². The summed E-state index contributed by atoms with van der Waals surface area (Å²) in [6.45, 7) is 0.460. The van der Waals surface area contributed by atoms with Crippen molar-refractivity contribution in [3.05, 3.63) is 60.3 Å². The number of aromatic nitrogens is 2. The van der Waals surface area contributed by atoms with Gasteiger partial charge in [0.25, 0.3) is 5.91 Å². The molecule has 0 radical (unpaired) electrons. The van der Waals surface area contributed by atoms with Crippen molar-refractivity contribution in [1.82, 2.24) is 15.1 Å². The number of aliphatic hydroxyl groups excluding tert-OH is 1. The SMILES string of the molecule is O=C(Nc1ccc2[nH]ncc2c1)[C@H]1CCCN1C(=O)[C@H](O)c1ccccc1. The first-order valence-corrected chi connectivity index (χ1v) is 8.91. The Hall–Kier alpha value is -3.19. The Balaban J connectivity index is 1.48. The number of aliphatic hydroxyl groups is 1. The predicted octanol–water partition coefficient (Wildman–Crippen LogP) is 2.23. The first-order chi connectivity index (χ1) is 13.1. The van der Waals surface area contributed by atoms with E-state index in [-0.39, 0.29) is 5.91 Å². The summed E-state index contributed by atoms with van der Waals surface area (Å²) in [6.07, 6.45) is 1.73. The van der Waals surface area contributed by atoms with E-state index in [1.54, 1.807) is 36.5 Å². The van der Waals surface area contributed by atoms with Gasteiger partial charge < -0.3 is 15.3 Å². The largest absolute Gasteiger partial charge is 0.378 e. The number of carbonyl (C=O) groups is 2. The van der Waals surface area contributed by atoms with Crippen LogP contribution < -0.4 is 5.32 Å². The van der Waals surface area contributed by atoms with Gasteiger partial charge in [-0.2, -0.15) is 5.10 Å². The molecule has 0 spiro atoms. The molecule has 0 bridgehead atoms. The van der Waals surface area contributed by atoms with Crippen molar-refractivity contribution in [1.29, 1.82) is 0 Å². The Morgan fingerprint density at radius 1 is 1.22 bits per heavy atom. The third kappa shape index (κ3) is 3.41. The highest BCUT2D eigenvalue weighted by Gasteiger charge is 2.37. The van der Waals surface area contributed by atoms with E-state index in [1.165, 1.54) is 4.90 Å².